The van der Waals surface area contributed by atoms with Crippen LogP contribution < -0.4 is 5.32 Å². The Morgan fingerprint density at radius 1 is 1.41 bits per heavy atom. The maximum Gasteiger partial charge on any atom is 0.340 e. The lowest BCUT2D eigenvalue weighted by Crippen LogP contribution is -2.46. The van der Waals surface area contributed by atoms with Crippen molar-refractivity contribution >= 4 is 17.8 Å². The summed E-state index contributed by atoms with van der Waals surface area (Å²) >= 11 is 0. The SMILES string of the molecule is C=CCNC(=O)C1CCC(=O)N1C1OC(=O)c2ccccc21. The molecule has 1 saturated heterocycles. The number of nitrogens with one attached hydrogen (secondary N) is 1. The first-order chi connectivity index (χ1) is 10.6. The molecule has 1 N–H and O–H groups in total. The molecule has 6 heteroatoms. The molecular weight excluding hydrogens is 284 g/mol. The van der Waals surface area contributed by atoms with E-state index in [1.807, 2.05) is 0 Å². The summed E-state index contributed by atoms with van der Waals surface area (Å²) in [5.74, 6) is -0.912. The number of carbonyl (C=O) groups excluding carboxylic acids is 3. The van der Waals surface area contributed by atoms with Gasteiger partial charge in [-0.2, -0.15) is 0 Å². The highest BCUT2D eigenvalue weighted by molar-refractivity contribution is 5.96. The summed E-state index contributed by atoms with van der Waals surface area (Å²) in [6.07, 6.45) is 1.43. The molecule has 0 aromatic heterocycles. The van der Waals surface area contributed by atoms with Gasteiger partial charge in [0.15, 0.2) is 0 Å². The summed E-state index contributed by atoms with van der Waals surface area (Å²) in [5, 5.41) is 2.69. The Balaban J connectivity index is 1.89. The number of ether oxygens (including phenoxy) is 1. The molecule has 1 fully saturated rings. The number of likely N-dealkylation sites (tertiary alicyclic amines) is 1. The van der Waals surface area contributed by atoms with E-state index in [1.165, 1.54) is 4.90 Å². The predicted molar refractivity (Wildman–Crippen MR) is 77.7 cm³/mol. The second-order valence-corrected chi connectivity index (χ2v) is 5.23. The summed E-state index contributed by atoms with van der Waals surface area (Å²) in [5.41, 5.74) is 1.07. The minimum atomic E-state index is -0.821. The van der Waals surface area contributed by atoms with Crippen LogP contribution in [0.1, 0.15) is 35.0 Å². The zero-order valence-corrected chi connectivity index (χ0v) is 12.0. The maximum absolute atomic E-state index is 12.2. The Bertz CT molecular complexity index is 655. The van der Waals surface area contributed by atoms with E-state index >= 15 is 0 Å². The normalized spacial score (nSPS) is 23.2. The van der Waals surface area contributed by atoms with E-state index in [1.54, 1.807) is 30.3 Å². The van der Waals surface area contributed by atoms with Crippen molar-refractivity contribution in [2.75, 3.05) is 6.54 Å². The lowest BCUT2D eigenvalue weighted by Gasteiger charge is -2.29. The number of hydrogen-bond acceptors (Lipinski definition) is 4. The molecule has 6 nitrogen and oxygen atoms in total. The largest absolute Gasteiger partial charge is 0.433 e. The first-order valence-corrected chi connectivity index (χ1v) is 7.13. The molecule has 0 saturated carbocycles. The lowest BCUT2D eigenvalue weighted by molar-refractivity contribution is -0.145. The fourth-order valence-corrected chi connectivity index (χ4v) is 2.88. The number of rotatable bonds is 4. The van der Waals surface area contributed by atoms with Crippen molar-refractivity contribution in [3.63, 3.8) is 0 Å². The number of hydrogen-bond donors (Lipinski definition) is 1. The topological polar surface area (TPSA) is 75.7 Å². The van der Waals surface area contributed by atoms with Gasteiger partial charge in [-0.3, -0.25) is 14.5 Å². The quantitative estimate of drug-likeness (QED) is 0.668. The van der Waals surface area contributed by atoms with Gasteiger partial charge in [-0.25, -0.2) is 4.79 Å². The summed E-state index contributed by atoms with van der Waals surface area (Å²) in [7, 11) is 0. The number of nitrogens with zero attached hydrogens (tertiary/aromatic N) is 1. The van der Waals surface area contributed by atoms with Gasteiger partial charge in [0.05, 0.1) is 5.56 Å². The van der Waals surface area contributed by atoms with E-state index in [0.717, 1.165) is 0 Å². The molecule has 0 bridgehead atoms. The van der Waals surface area contributed by atoms with Gasteiger partial charge >= 0.3 is 5.97 Å². The summed E-state index contributed by atoms with van der Waals surface area (Å²) in [4.78, 5) is 37.7. The molecule has 2 atom stereocenters. The lowest BCUT2D eigenvalue weighted by atomic mass is 10.1. The Kier molecular flexibility index (Phi) is 3.66. The molecule has 0 radical (unpaired) electrons. The van der Waals surface area contributed by atoms with Crippen LogP contribution in [-0.2, 0) is 14.3 Å². The fraction of sp³-hybridized carbons (Fsp3) is 0.312. The van der Waals surface area contributed by atoms with Crippen LogP contribution in [0.3, 0.4) is 0 Å². The van der Waals surface area contributed by atoms with Crippen LogP contribution in [0, 0.1) is 0 Å². The third-order valence-corrected chi connectivity index (χ3v) is 3.90. The number of esters is 1. The molecule has 2 amide bonds. The van der Waals surface area contributed by atoms with E-state index in [9.17, 15) is 14.4 Å². The molecule has 0 spiro atoms. The molecule has 22 heavy (non-hydrogen) atoms. The Morgan fingerprint density at radius 3 is 2.95 bits per heavy atom. The molecule has 3 rings (SSSR count). The van der Waals surface area contributed by atoms with Gasteiger partial charge in [0.2, 0.25) is 18.0 Å². The third-order valence-electron chi connectivity index (χ3n) is 3.90. The molecule has 1 aromatic rings. The average molecular weight is 300 g/mol. The van der Waals surface area contributed by atoms with Gasteiger partial charge < -0.3 is 10.1 Å². The van der Waals surface area contributed by atoms with Gasteiger partial charge in [-0.15, -0.1) is 6.58 Å². The van der Waals surface area contributed by atoms with Crippen LogP contribution in [0.4, 0.5) is 0 Å². The van der Waals surface area contributed by atoms with Crippen molar-refractivity contribution in [1.29, 1.82) is 0 Å². The fourth-order valence-electron chi connectivity index (χ4n) is 2.88. The van der Waals surface area contributed by atoms with Crippen LogP contribution in [0.25, 0.3) is 0 Å². The molecule has 2 aliphatic heterocycles. The number of amides is 2. The zero-order chi connectivity index (χ0) is 15.7. The smallest absolute Gasteiger partial charge is 0.340 e. The van der Waals surface area contributed by atoms with Gasteiger partial charge in [0.25, 0.3) is 0 Å². The molecule has 2 aliphatic rings. The molecule has 0 aliphatic carbocycles. The van der Waals surface area contributed by atoms with Crippen molar-refractivity contribution in [2.45, 2.75) is 25.1 Å². The van der Waals surface area contributed by atoms with Gasteiger partial charge in [-0.05, 0) is 12.5 Å². The van der Waals surface area contributed by atoms with E-state index in [0.29, 0.717) is 24.1 Å². The standard InChI is InChI=1S/C16H16N2O4/c1-2-9-17-14(20)12-7-8-13(19)18(12)15-10-5-3-4-6-11(10)16(21)22-15/h2-6,12,15H,1,7-9H2,(H,17,20). The van der Waals surface area contributed by atoms with Crippen molar-refractivity contribution in [2.24, 2.45) is 0 Å². The molecule has 114 valence electrons. The molecular formula is C16H16N2O4. The molecule has 2 heterocycles. The second kappa shape index (κ2) is 5.63. The summed E-state index contributed by atoms with van der Waals surface area (Å²) < 4.78 is 5.34. The zero-order valence-electron chi connectivity index (χ0n) is 12.0. The number of benzene rings is 1. The number of fused-ring (bicyclic) bond motifs is 1. The average Bonchev–Trinajstić information content (AvgIpc) is 3.06. The van der Waals surface area contributed by atoms with E-state index in [-0.39, 0.29) is 18.2 Å². The second-order valence-electron chi connectivity index (χ2n) is 5.23. The van der Waals surface area contributed by atoms with E-state index in [2.05, 4.69) is 11.9 Å². The Labute approximate surface area is 127 Å². The Hall–Kier alpha value is -2.63. The van der Waals surface area contributed by atoms with Gasteiger partial charge in [0.1, 0.15) is 6.04 Å². The Morgan fingerprint density at radius 2 is 2.18 bits per heavy atom. The number of carbonyl (C=O) groups is 3. The summed E-state index contributed by atoms with van der Waals surface area (Å²) in [6.45, 7) is 3.88. The first kappa shape index (κ1) is 14.3. The van der Waals surface area contributed by atoms with E-state index in [4.69, 9.17) is 4.74 Å². The van der Waals surface area contributed by atoms with E-state index < -0.39 is 18.2 Å². The predicted octanol–water partition coefficient (Wildman–Crippen LogP) is 1.15. The van der Waals surface area contributed by atoms with Crippen LogP contribution in [0.15, 0.2) is 36.9 Å². The van der Waals surface area contributed by atoms with Crippen molar-refractivity contribution in [3.05, 3.63) is 48.0 Å². The highest BCUT2D eigenvalue weighted by Gasteiger charge is 2.46. The van der Waals surface area contributed by atoms with Crippen LogP contribution in [0.2, 0.25) is 0 Å². The van der Waals surface area contributed by atoms with Crippen molar-refractivity contribution < 1.29 is 19.1 Å². The monoisotopic (exact) mass is 300 g/mol. The summed E-state index contributed by atoms with van der Waals surface area (Å²) in [6, 6.07) is 6.29. The van der Waals surface area contributed by atoms with Crippen LogP contribution in [-0.4, -0.2) is 35.3 Å². The minimum Gasteiger partial charge on any atom is -0.433 e. The van der Waals surface area contributed by atoms with Gasteiger partial charge in [0, 0.05) is 18.5 Å². The van der Waals surface area contributed by atoms with Gasteiger partial charge in [-0.1, -0.05) is 24.3 Å². The molecule has 1 aromatic carbocycles. The number of cyclic esters (lactones) is 1. The van der Waals surface area contributed by atoms with Crippen LogP contribution in [0.5, 0.6) is 0 Å². The van der Waals surface area contributed by atoms with Crippen molar-refractivity contribution in [3.8, 4) is 0 Å². The van der Waals surface area contributed by atoms with Crippen LogP contribution >= 0.6 is 0 Å². The highest BCUT2D eigenvalue weighted by Crippen LogP contribution is 2.38. The first-order valence-electron chi connectivity index (χ1n) is 7.13. The third kappa shape index (κ3) is 2.26. The minimum absolute atomic E-state index is 0.187. The highest BCUT2D eigenvalue weighted by atomic mass is 16.6. The maximum atomic E-state index is 12.2. The molecule has 2 unspecified atom stereocenters. The van der Waals surface area contributed by atoms with Crippen molar-refractivity contribution in [1.82, 2.24) is 10.2 Å².